The molecule has 3 rings (SSSR count). The Hall–Kier alpha value is -3.94. The average Bonchev–Trinajstić information content (AvgIpc) is 3.37. The van der Waals surface area contributed by atoms with Crippen LogP contribution in [0.1, 0.15) is 41.0 Å². The maximum atomic E-state index is 13.7. The van der Waals surface area contributed by atoms with Crippen molar-refractivity contribution in [3.63, 3.8) is 0 Å². The van der Waals surface area contributed by atoms with Crippen LogP contribution in [0.25, 0.3) is 0 Å². The second-order valence-electron chi connectivity index (χ2n) is 10.8. The topological polar surface area (TPSA) is 71.1 Å². The van der Waals surface area contributed by atoms with Crippen molar-refractivity contribution in [2.45, 2.75) is 46.1 Å². The molecule has 1 aromatic heterocycles. The van der Waals surface area contributed by atoms with E-state index in [0.29, 0.717) is 30.1 Å². The maximum Gasteiger partial charge on any atom is 0.416 e. The Balaban J connectivity index is 1.86. The number of carbonyl (C=O) groups excluding carboxylic acids is 2. The van der Waals surface area contributed by atoms with Crippen molar-refractivity contribution in [2.75, 3.05) is 39.2 Å². The quantitative estimate of drug-likeness (QED) is 0.201. The van der Waals surface area contributed by atoms with E-state index in [2.05, 4.69) is 5.32 Å². The van der Waals surface area contributed by atoms with Crippen LogP contribution in [-0.2, 0) is 30.1 Å². The van der Waals surface area contributed by atoms with Gasteiger partial charge in [-0.25, -0.2) is 4.79 Å². The van der Waals surface area contributed by atoms with Crippen LogP contribution >= 0.6 is 11.3 Å². The third kappa shape index (κ3) is 10.0. The molecule has 3 aromatic rings. The Morgan fingerprint density at radius 3 is 2.02 bits per heavy atom. The van der Waals surface area contributed by atoms with Gasteiger partial charge in [0, 0.05) is 23.7 Å². The summed E-state index contributed by atoms with van der Waals surface area (Å²) in [6.07, 6.45) is -9.73. The van der Waals surface area contributed by atoms with Gasteiger partial charge in [0.2, 0.25) is 5.91 Å². The minimum Gasteiger partial charge on any atom is -0.493 e. The Labute approximate surface area is 261 Å². The highest BCUT2D eigenvalue weighted by molar-refractivity contribution is 7.10. The highest BCUT2D eigenvalue weighted by atomic mass is 32.1. The molecule has 0 spiro atoms. The number of thiophene rings is 1. The van der Waals surface area contributed by atoms with E-state index in [0.717, 1.165) is 20.9 Å². The average molecular weight is 660 g/mol. The van der Waals surface area contributed by atoms with Crippen LogP contribution in [0.4, 0.5) is 36.8 Å². The van der Waals surface area contributed by atoms with Crippen molar-refractivity contribution in [2.24, 2.45) is 5.92 Å². The lowest BCUT2D eigenvalue weighted by molar-refractivity contribution is -0.143. The predicted octanol–water partition coefficient (Wildman–Crippen LogP) is 7.87. The molecule has 0 radical (unpaired) electrons. The molecule has 0 atom stereocenters. The van der Waals surface area contributed by atoms with Gasteiger partial charge in [0.25, 0.3) is 0 Å². The van der Waals surface area contributed by atoms with Crippen molar-refractivity contribution in [1.29, 1.82) is 0 Å². The number of rotatable bonds is 12. The number of aryl methyl sites for hydroxylation is 1. The molecule has 3 amide bonds. The van der Waals surface area contributed by atoms with Crippen molar-refractivity contribution in [3.8, 4) is 11.5 Å². The molecule has 0 unspecified atom stereocenters. The van der Waals surface area contributed by atoms with E-state index in [1.807, 2.05) is 24.4 Å². The first-order valence-corrected chi connectivity index (χ1v) is 14.8. The SMILES string of the molecule is COc1ccc(CCN(Cc2sccc2C)C(=O)CN(CC(C)C)C(=O)Nc2cc(C(F)(F)F)cc(C(F)(F)F)c2)cc1OC. The van der Waals surface area contributed by atoms with Gasteiger partial charge in [-0.2, -0.15) is 26.3 Å². The molecule has 0 saturated heterocycles. The van der Waals surface area contributed by atoms with Crippen LogP contribution in [0.15, 0.2) is 47.8 Å². The van der Waals surface area contributed by atoms with Crippen LogP contribution in [0, 0.1) is 12.8 Å². The van der Waals surface area contributed by atoms with Crippen molar-refractivity contribution in [1.82, 2.24) is 9.80 Å². The molecule has 0 bridgehead atoms. The second-order valence-corrected chi connectivity index (χ2v) is 11.8. The van der Waals surface area contributed by atoms with Gasteiger partial charge in [0.15, 0.2) is 11.5 Å². The number of benzene rings is 2. The Morgan fingerprint density at radius 2 is 1.51 bits per heavy atom. The summed E-state index contributed by atoms with van der Waals surface area (Å²) >= 11 is 1.47. The molecule has 0 aliphatic rings. The fourth-order valence-electron chi connectivity index (χ4n) is 4.48. The Bertz CT molecular complexity index is 1440. The van der Waals surface area contributed by atoms with Gasteiger partial charge in [-0.1, -0.05) is 19.9 Å². The molecule has 0 aliphatic heterocycles. The Morgan fingerprint density at radius 1 is 0.889 bits per heavy atom. The monoisotopic (exact) mass is 659 g/mol. The van der Waals surface area contributed by atoms with E-state index in [1.165, 1.54) is 25.6 Å². The van der Waals surface area contributed by atoms with Crippen molar-refractivity contribution in [3.05, 3.63) is 75.0 Å². The fourth-order valence-corrected chi connectivity index (χ4v) is 5.41. The normalized spacial score (nSPS) is 11.8. The summed E-state index contributed by atoms with van der Waals surface area (Å²) in [5, 5.41) is 4.04. The summed E-state index contributed by atoms with van der Waals surface area (Å²) in [6, 6.07) is 7.12. The highest BCUT2D eigenvalue weighted by Gasteiger charge is 2.37. The minimum atomic E-state index is -5.08. The smallest absolute Gasteiger partial charge is 0.416 e. The first-order chi connectivity index (χ1) is 21.0. The van der Waals surface area contributed by atoms with E-state index in [1.54, 1.807) is 30.9 Å². The third-order valence-electron chi connectivity index (χ3n) is 6.81. The predicted molar refractivity (Wildman–Crippen MR) is 160 cm³/mol. The lowest BCUT2D eigenvalue weighted by Gasteiger charge is -2.29. The minimum absolute atomic E-state index is 0.0181. The molecular formula is C31H35F6N3O4S. The Kier molecular flexibility index (Phi) is 11.8. The summed E-state index contributed by atoms with van der Waals surface area (Å²) in [4.78, 5) is 30.6. The summed E-state index contributed by atoms with van der Waals surface area (Å²) in [7, 11) is 3.03. The summed E-state index contributed by atoms with van der Waals surface area (Å²) in [6.45, 7) is 5.50. The van der Waals surface area contributed by atoms with Crippen LogP contribution < -0.4 is 14.8 Å². The molecular weight excluding hydrogens is 624 g/mol. The number of nitrogens with one attached hydrogen (secondary N) is 1. The second kappa shape index (κ2) is 14.9. The van der Waals surface area contributed by atoms with E-state index in [4.69, 9.17) is 9.47 Å². The number of hydrogen-bond donors (Lipinski definition) is 1. The number of carbonyl (C=O) groups is 2. The molecule has 2 aromatic carbocycles. The number of alkyl halides is 6. The molecule has 45 heavy (non-hydrogen) atoms. The highest BCUT2D eigenvalue weighted by Crippen LogP contribution is 2.37. The van der Waals surface area contributed by atoms with E-state index in [9.17, 15) is 35.9 Å². The summed E-state index contributed by atoms with van der Waals surface area (Å²) < 4.78 is 90.9. The largest absolute Gasteiger partial charge is 0.493 e. The fraction of sp³-hybridized carbons (Fsp3) is 0.419. The number of nitrogens with zero attached hydrogens (tertiary/aromatic N) is 2. The lowest BCUT2D eigenvalue weighted by Crippen LogP contribution is -2.46. The summed E-state index contributed by atoms with van der Waals surface area (Å²) in [5.74, 6) is 0.446. The number of hydrogen-bond acceptors (Lipinski definition) is 5. The standard InChI is InChI=1S/C31H35F6N3O4S/c1-19(2)16-40(29(42)38-24-14-22(30(32,33)34)13-23(15-24)31(35,36)37)18-28(41)39(17-27-20(3)9-11-45-27)10-8-21-6-7-25(43-4)26(12-21)44-5/h6-7,9,11-15,19H,8,10,16-18H2,1-5H3,(H,38,42). The lowest BCUT2D eigenvalue weighted by atomic mass is 10.1. The molecule has 7 nitrogen and oxygen atoms in total. The molecule has 0 aliphatic carbocycles. The number of anilines is 1. The van der Waals surface area contributed by atoms with Gasteiger partial charge in [-0.05, 0) is 72.2 Å². The third-order valence-corrected chi connectivity index (χ3v) is 7.82. The summed E-state index contributed by atoms with van der Waals surface area (Å²) in [5.41, 5.74) is -1.98. The number of urea groups is 1. The van der Waals surface area contributed by atoms with Gasteiger partial charge < -0.3 is 24.6 Å². The number of methoxy groups -OCH3 is 2. The van der Waals surface area contributed by atoms with Crippen LogP contribution in [0.5, 0.6) is 11.5 Å². The van der Waals surface area contributed by atoms with Crippen molar-refractivity contribution < 1.29 is 45.4 Å². The molecule has 0 saturated carbocycles. The van der Waals surface area contributed by atoms with Crippen molar-refractivity contribution >= 4 is 29.0 Å². The number of halogens is 6. The number of amides is 3. The molecule has 246 valence electrons. The molecule has 1 heterocycles. The zero-order valence-corrected chi connectivity index (χ0v) is 26.3. The van der Waals surface area contributed by atoms with Gasteiger partial charge in [0.05, 0.1) is 31.9 Å². The van der Waals surface area contributed by atoms with Gasteiger partial charge in [0.1, 0.15) is 6.54 Å². The van der Waals surface area contributed by atoms with Crippen LogP contribution in [-0.4, -0.2) is 55.6 Å². The molecule has 14 heteroatoms. The number of ether oxygens (including phenoxy) is 2. The van der Waals surface area contributed by atoms with Gasteiger partial charge in [-0.3, -0.25) is 4.79 Å². The maximum absolute atomic E-state index is 13.7. The van der Waals surface area contributed by atoms with Crippen LogP contribution in [0.3, 0.4) is 0 Å². The van der Waals surface area contributed by atoms with E-state index in [-0.39, 0.29) is 31.6 Å². The van der Waals surface area contributed by atoms with E-state index < -0.39 is 47.6 Å². The molecule has 1 N–H and O–H groups in total. The zero-order valence-electron chi connectivity index (χ0n) is 25.4. The van der Waals surface area contributed by atoms with Gasteiger partial charge >= 0.3 is 18.4 Å². The van der Waals surface area contributed by atoms with Crippen LogP contribution in [0.2, 0.25) is 0 Å². The first kappa shape index (κ1) is 35.5. The van der Waals surface area contributed by atoms with E-state index >= 15 is 0 Å². The van der Waals surface area contributed by atoms with Gasteiger partial charge in [-0.15, -0.1) is 11.3 Å². The zero-order chi connectivity index (χ0) is 33.5. The molecule has 0 fully saturated rings. The first-order valence-electron chi connectivity index (χ1n) is 13.9.